The van der Waals surface area contributed by atoms with E-state index in [1.807, 2.05) is 0 Å². The molecule has 0 radical (unpaired) electrons. The van der Waals surface area contributed by atoms with E-state index in [2.05, 4.69) is 19.9 Å². The van der Waals surface area contributed by atoms with E-state index in [1.165, 1.54) is 42.5 Å². The van der Waals surface area contributed by atoms with Gasteiger partial charge in [-0.05, 0) is 31.4 Å². The topological polar surface area (TPSA) is 17.1 Å². The maximum atomic E-state index is 12.1. The number of hydrogen-bond acceptors (Lipinski definition) is 2. The number of ketones is 1. The quantitative estimate of drug-likeness (QED) is 0.705. The lowest BCUT2D eigenvalue weighted by molar-refractivity contribution is 0.0954. The first-order chi connectivity index (χ1) is 7.66. The molecular weight excluding hydrogens is 216 g/mol. The van der Waals surface area contributed by atoms with E-state index in [9.17, 15) is 4.79 Å². The maximum absolute atomic E-state index is 12.1. The Bertz CT molecular complexity index is 353. The molecule has 1 aromatic heterocycles. The average Bonchev–Trinajstić information content (AvgIpc) is 2.61. The Morgan fingerprint density at radius 2 is 2.00 bits per heavy atom. The maximum Gasteiger partial charge on any atom is 0.173 e. The van der Waals surface area contributed by atoms with Gasteiger partial charge < -0.3 is 0 Å². The van der Waals surface area contributed by atoms with Crippen LogP contribution in [0.2, 0.25) is 0 Å². The highest BCUT2D eigenvalue weighted by atomic mass is 32.1. The lowest BCUT2D eigenvalue weighted by Crippen LogP contribution is -2.11. The minimum Gasteiger partial charge on any atom is -0.293 e. The van der Waals surface area contributed by atoms with Crippen molar-refractivity contribution in [3.05, 3.63) is 21.4 Å². The molecule has 1 fully saturated rings. The second-order valence-electron chi connectivity index (χ2n) is 4.98. The van der Waals surface area contributed by atoms with Crippen LogP contribution in [-0.4, -0.2) is 5.78 Å². The summed E-state index contributed by atoms with van der Waals surface area (Å²) >= 11 is 1.66. The molecule has 0 unspecified atom stereocenters. The molecule has 1 aliphatic rings. The monoisotopic (exact) mass is 236 g/mol. The van der Waals surface area contributed by atoms with Crippen LogP contribution in [0.3, 0.4) is 0 Å². The number of thiophene rings is 1. The number of Topliss-reactive ketones (excluding diaryl/α,β-unsaturated/α-hetero) is 1. The molecule has 1 saturated carbocycles. The molecule has 0 aromatic carbocycles. The first-order valence-electron chi connectivity index (χ1n) is 6.27. The van der Waals surface area contributed by atoms with Gasteiger partial charge in [0.1, 0.15) is 0 Å². The zero-order valence-electron chi connectivity index (χ0n) is 10.2. The predicted octanol–water partition coefficient (Wildman–Crippen LogP) is 4.52. The number of rotatable bonds is 3. The Hall–Kier alpha value is -0.630. The standard InChI is InChI=1S/C14H20OS/c1-10-8-14(16-11(10)2)13(15)9-12-6-4-3-5-7-12/h8,12H,3-7,9H2,1-2H3. The highest BCUT2D eigenvalue weighted by Gasteiger charge is 2.19. The Labute approximate surface area is 102 Å². The van der Waals surface area contributed by atoms with Crippen molar-refractivity contribution in [3.8, 4) is 0 Å². The average molecular weight is 236 g/mol. The summed E-state index contributed by atoms with van der Waals surface area (Å²) in [4.78, 5) is 14.3. The van der Waals surface area contributed by atoms with E-state index in [0.29, 0.717) is 11.7 Å². The first-order valence-corrected chi connectivity index (χ1v) is 7.08. The third-order valence-corrected chi connectivity index (χ3v) is 4.83. The van der Waals surface area contributed by atoms with Crippen LogP contribution < -0.4 is 0 Å². The van der Waals surface area contributed by atoms with Gasteiger partial charge in [-0.3, -0.25) is 4.79 Å². The molecule has 0 spiro atoms. The molecule has 0 bridgehead atoms. The van der Waals surface area contributed by atoms with Crippen LogP contribution >= 0.6 is 11.3 Å². The second-order valence-corrected chi connectivity index (χ2v) is 6.24. The summed E-state index contributed by atoms with van der Waals surface area (Å²) in [7, 11) is 0. The van der Waals surface area contributed by atoms with Gasteiger partial charge in [0.05, 0.1) is 4.88 Å². The fourth-order valence-corrected chi connectivity index (χ4v) is 3.45. The number of hydrogen-bond donors (Lipinski definition) is 0. The van der Waals surface area contributed by atoms with Gasteiger partial charge >= 0.3 is 0 Å². The molecule has 1 nitrogen and oxygen atoms in total. The fraction of sp³-hybridized carbons (Fsp3) is 0.643. The van der Waals surface area contributed by atoms with Crippen molar-refractivity contribution in [3.63, 3.8) is 0 Å². The van der Waals surface area contributed by atoms with Gasteiger partial charge in [-0.25, -0.2) is 0 Å². The summed E-state index contributed by atoms with van der Waals surface area (Å²) in [6, 6.07) is 2.06. The third kappa shape index (κ3) is 2.73. The van der Waals surface area contributed by atoms with Gasteiger partial charge in [0.15, 0.2) is 5.78 Å². The molecule has 0 amide bonds. The molecule has 88 valence electrons. The van der Waals surface area contributed by atoms with E-state index < -0.39 is 0 Å². The van der Waals surface area contributed by atoms with Gasteiger partial charge in [-0.1, -0.05) is 32.1 Å². The molecule has 0 N–H and O–H groups in total. The van der Waals surface area contributed by atoms with Crippen LogP contribution in [0.5, 0.6) is 0 Å². The lowest BCUT2D eigenvalue weighted by Gasteiger charge is -2.20. The zero-order valence-corrected chi connectivity index (χ0v) is 11.0. The first kappa shape index (κ1) is 11.8. The minimum atomic E-state index is 0.369. The molecule has 0 saturated heterocycles. The largest absolute Gasteiger partial charge is 0.293 e. The summed E-state index contributed by atoms with van der Waals surface area (Å²) in [5.74, 6) is 1.03. The van der Waals surface area contributed by atoms with Crippen molar-refractivity contribution in [1.29, 1.82) is 0 Å². The van der Waals surface area contributed by atoms with E-state index in [-0.39, 0.29) is 0 Å². The Balaban J connectivity index is 1.96. The zero-order chi connectivity index (χ0) is 11.5. The van der Waals surface area contributed by atoms with E-state index >= 15 is 0 Å². The van der Waals surface area contributed by atoms with Gasteiger partial charge in [0, 0.05) is 11.3 Å². The van der Waals surface area contributed by atoms with Crippen molar-refractivity contribution < 1.29 is 4.79 Å². The molecule has 0 aliphatic heterocycles. The smallest absolute Gasteiger partial charge is 0.173 e. The Kier molecular flexibility index (Phi) is 3.80. The highest BCUT2D eigenvalue weighted by molar-refractivity contribution is 7.14. The van der Waals surface area contributed by atoms with Crippen LogP contribution in [-0.2, 0) is 0 Å². The summed E-state index contributed by atoms with van der Waals surface area (Å²) in [6.45, 7) is 4.18. The van der Waals surface area contributed by atoms with Gasteiger partial charge in [0.2, 0.25) is 0 Å². The van der Waals surface area contributed by atoms with Crippen LogP contribution in [0.15, 0.2) is 6.07 Å². The second kappa shape index (κ2) is 5.13. The van der Waals surface area contributed by atoms with Gasteiger partial charge in [0.25, 0.3) is 0 Å². The van der Waals surface area contributed by atoms with Gasteiger partial charge in [-0.2, -0.15) is 0 Å². The summed E-state index contributed by atoms with van der Waals surface area (Å²) in [5, 5.41) is 0. The molecular formula is C14H20OS. The van der Waals surface area contributed by atoms with Crippen molar-refractivity contribution in [1.82, 2.24) is 0 Å². The summed E-state index contributed by atoms with van der Waals surface area (Å²) in [6.07, 6.45) is 7.30. The van der Waals surface area contributed by atoms with Crippen molar-refractivity contribution >= 4 is 17.1 Å². The number of carbonyl (C=O) groups excluding carboxylic acids is 1. The summed E-state index contributed by atoms with van der Waals surface area (Å²) < 4.78 is 0. The van der Waals surface area contributed by atoms with Crippen molar-refractivity contribution in [2.75, 3.05) is 0 Å². The SMILES string of the molecule is Cc1cc(C(=O)CC2CCCCC2)sc1C. The van der Waals surface area contributed by atoms with E-state index in [4.69, 9.17) is 0 Å². The fourth-order valence-electron chi connectivity index (χ4n) is 2.46. The van der Waals surface area contributed by atoms with E-state index in [1.54, 1.807) is 11.3 Å². The normalized spacial score (nSPS) is 17.6. The Morgan fingerprint density at radius 1 is 1.31 bits per heavy atom. The lowest BCUT2D eigenvalue weighted by atomic mass is 9.85. The summed E-state index contributed by atoms with van der Waals surface area (Å²) in [5.41, 5.74) is 1.26. The van der Waals surface area contributed by atoms with E-state index in [0.717, 1.165) is 11.3 Å². The molecule has 1 aliphatic carbocycles. The van der Waals surface area contributed by atoms with Gasteiger partial charge in [-0.15, -0.1) is 11.3 Å². The van der Waals surface area contributed by atoms with Crippen LogP contribution in [0.1, 0.15) is 58.6 Å². The van der Waals surface area contributed by atoms with Crippen LogP contribution in [0, 0.1) is 19.8 Å². The van der Waals surface area contributed by atoms with Crippen molar-refractivity contribution in [2.24, 2.45) is 5.92 Å². The number of aryl methyl sites for hydroxylation is 2. The Morgan fingerprint density at radius 3 is 2.56 bits per heavy atom. The van der Waals surface area contributed by atoms with Crippen LogP contribution in [0.4, 0.5) is 0 Å². The highest BCUT2D eigenvalue weighted by Crippen LogP contribution is 2.29. The minimum absolute atomic E-state index is 0.369. The molecule has 1 heterocycles. The third-order valence-electron chi connectivity index (χ3n) is 3.64. The number of carbonyl (C=O) groups is 1. The van der Waals surface area contributed by atoms with Crippen LogP contribution in [0.25, 0.3) is 0 Å². The predicted molar refractivity (Wildman–Crippen MR) is 69.3 cm³/mol. The molecule has 16 heavy (non-hydrogen) atoms. The molecule has 0 atom stereocenters. The molecule has 2 rings (SSSR count). The molecule has 2 heteroatoms. The van der Waals surface area contributed by atoms with Crippen molar-refractivity contribution in [2.45, 2.75) is 52.4 Å². The molecule has 1 aromatic rings.